The number of aliphatic imine (C=N–C) groups is 2. The van der Waals surface area contributed by atoms with E-state index in [1.165, 1.54) is 95.2 Å². The highest BCUT2D eigenvalue weighted by molar-refractivity contribution is 8.76. The number of carbonyl (C=O) groups is 2. The van der Waals surface area contributed by atoms with E-state index < -0.39 is 12.1 Å². The van der Waals surface area contributed by atoms with Crippen molar-refractivity contribution >= 4 is 46.0 Å². The van der Waals surface area contributed by atoms with E-state index in [0.29, 0.717) is 36.6 Å². The number of esters is 2. The van der Waals surface area contributed by atoms with Crippen LogP contribution in [-0.4, -0.2) is 61.2 Å². The van der Waals surface area contributed by atoms with Gasteiger partial charge in [-0.3, -0.25) is 9.98 Å². The van der Waals surface area contributed by atoms with E-state index in [1.807, 2.05) is 19.4 Å². The summed E-state index contributed by atoms with van der Waals surface area (Å²) in [6, 6.07) is 16.3. The SMILES string of the molecule is CCCCCCCCCCCCOC(=O)[C@H](CSSCC(/N=C/C(C)Cc1ccc(C(C)C)cc1)C(=O)OCC)/N=C/C(C)Cc1ccc(C(C)C)cc1. The van der Waals surface area contributed by atoms with E-state index in [-0.39, 0.29) is 23.8 Å². The van der Waals surface area contributed by atoms with Crippen molar-refractivity contribution in [2.75, 3.05) is 24.7 Å². The Labute approximate surface area is 337 Å². The third kappa shape index (κ3) is 20.9. The minimum Gasteiger partial charge on any atom is -0.464 e. The van der Waals surface area contributed by atoms with Crippen molar-refractivity contribution in [2.45, 2.75) is 156 Å². The fourth-order valence-electron chi connectivity index (χ4n) is 6.09. The molecule has 0 aliphatic heterocycles. The summed E-state index contributed by atoms with van der Waals surface area (Å²) in [6.45, 7) is 17.9. The molecule has 0 saturated carbocycles. The lowest BCUT2D eigenvalue weighted by Crippen LogP contribution is -2.26. The fourth-order valence-corrected chi connectivity index (χ4v) is 8.34. The first kappa shape index (κ1) is 47.6. The second-order valence-corrected chi connectivity index (χ2v) is 18.0. The number of nitrogens with zero attached hydrogens (tertiary/aromatic N) is 2. The molecular formula is C46H72N2O4S2. The molecule has 0 fully saturated rings. The van der Waals surface area contributed by atoms with Crippen LogP contribution in [0.5, 0.6) is 0 Å². The first-order valence-corrected chi connectivity index (χ1v) is 23.3. The smallest absolute Gasteiger partial charge is 0.331 e. The number of unbranched alkanes of at least 4 members (excludes halogenated alkanes) is 9. The number of hydrogen-bond donors (Lipinski definition) is 0. The first-order chi connectivity index (χ1) is 26.0. The molecule has 2 aromatic carbocycles. The molecule has 0 aromatic heterocycles. The van der Waals surface area contributed by atoms with E-state index in [2.05, 4.69) is 102 Å². The van der Waals surface area contributed by atoms with Gasteiger partial charge in [-0.05, 0) is 72.1 Å². The van der Waals surface area contributed by atoms with Gasteiger partial charge in [0.15, 0.2) is 12.1 Å². The zero-order valence-electron chi connectivity index (χ0n) is 34.9. The topological polar surface area (TPSA) is 77.3 Å². The standard InChI is InChI=1S/C46H72N2O4S2/c1-9-11-12-13-14-15-16-17-18-19-28-52-46(50)44(48-32-38(8)30-40-22-26-42(27-23-40)36(5)6)34-54-53-33-43(45(49)51-10-2)47-31-37(7)29-39-20-24-41(25-21-39)35(3)4/h20-27,31-32,35-38,43-44H,9-19,28-30,33-34H2,1-8H3/b47-31+,48-32+/t37?,38?,43?,44-/m0/s1. The number of benzene rings is 2. The summed E-state index contributed by atoms with van der Waals surface area (Å²) in [5.74, 6) is 1.64. The summed E-state index contributed by atoms with van der Waals surface area (Å²) in [4.78, 5) is 35.6. The summed E-state index contributed by atoms with van der Waals surface area (Å²) in [7, 11) is 3.06. The molecule has 0 spiro atoms. The van der Waals surface area contributed by atoms with Crippen LogP contribution in [0.1, 0.15) is 154 Å². The Balaban J connectivity index is 1.95. The Kier molecular flexibility index (Phi) is 25.3. The van der Waals surface area contributed by atoms with Crippen LogP contribution in [0.25, 0.3) is 0 Å². The predicted molar refractivity (Wildman–Crippen MR) is 236 cm³/mol. The van der Waals surface area contributed by atoms with Gasteiger partial charge in [0.1, 0.15) is 0 Å². The molecule has 0 radical (unpaired) electrons. The lowest BCUT2D eigenvalue weighted by Gasteiger charge is -2.15. The molecule has 8 heteroatoms. The summed E-state index contributed by atoms with van der Waals surface area (Å²) in [6.07, 6.45) is 17.8. The maximum atomic E-state index is 13.3. The Hall–Kier alpha value is -2.58. The number of carbonyl (C=O) groups excluding carboxylic acids is 2. The van der Waals surface area contributed by atoms with Gasteiger partial charge in [0.25, 0.3) is 0 Å². The van der Waals surface area contributed by atoms with Crippen molar-refractivity contribution in [3.8, 4) is 0 Å². The lowest BCUT2D eigenvalue weighted by molar-refractivity contribution is -0.145. The summed E-state index contributed by atoms with van der Waals surface area (Å²) in [5, 5.41) is 0. The van der Waals surface area contributed by atoms with Gasteiger partial charge in [-0.2, -0.15) is 0 Å². The molecule has 0 bridgehead atoms. The summed E-state index contributed by atoms with van der Waals surface area (Å²) >= 11 is 0. The third-order valence-electron chi connectivity index (χ3n) is 9.56. The molecule has 0 aliphatic rings. The maximum Gasteiger partial charge on any atom is 0.331 e. The van der Waals surface area contributed by atoms with E-state index in [4.69, 9.17) is 14.5 Å². The molecule has 2 aromatic rings. The van der Waals surface area contributed by atoms with Crippen LogP contribution in [0.3, 0.4) is 0 Å². The van der Waals surface area contributed by atoms with E-state index in [0.717, 1.165) is 25.7 Å². The molecule has 0 aliphatic carbocycles. The zero-order valence-corrected chi connectivity index (χ0v) is 36.5. The average Bonchev–Trinajstić information content (AvgIpc) is 3.15. The maximum absolute atomic E-state index is 13.3. The molecule has 0 heterocycles. The predicted octanol–water partition coefficient (Wildman–Crippen LogP) is 12.3. The highest BCUT2D eigenvalue weighted by Crippen LogP contribution is 2.26. The fraction of sp³-hybridized carbons (Fsp3) is 0.652. The van der Waals surface area contributed by atoms with E-state index >= 15 is 0 Å². The summed E-state index contributed by atoms with van der Waals surface area (Å²) in [5.41, 5.74) is 5.17. The Morgan fingerprint density at radius 2 is 0.963 bits per heavy atom. The number of rotatable bonds is 29. The van der Waals surface area contributed by atoms with Crippen molar-refractivity contribution in [3.05, 3.63) is 70.8 Å². The molecule has 2 rings (SSSR count). The van der Waals surface area contributed by atoms with Crippen molar-refractivity contribution in [3.63, 3.8) is 0 Å². The molecule has 0 saturated heterocycles. The molecule has 3 unspecified atom stereocenters. The van der Waals surface area contributed by atoms with Crippen LogP contribution in [0, 0.1) is 11.8 Å². The van der Waals surface area contributed by atoms with Crippen molar-refractivity contribution in [1.82, 2.24) is 0 Å². The van der Waals surface area contributed by atoms with Gasteiger partial charge in [0.05, 0.1) is 13.2 Å². The van der Waals surface area contributed by atoms with Crippen molar-refractivity contribution in [2.24, 2.45) is 21.8 Å². The summed E-state index contributed by atoms with van der Waals surface area (Å²) < 4.78 is 11.1. The van der Waals surface area contributed by atoms with Crippen LogP contribution >= 0.6 is 21.6 Å². The van der Waals surface area contributed by atoms with Gasteiger partial charge in [-0.25, -0.2) is 9.59 Å². The lowest BCUT2D eigenvalue weighted by atomic mass is 9.97. The van der Waals surface area contributed by atoms with Gasteiger partial charge < -0.3 is 9.47 Å². The van der Waals surface area contributed by atoms with Crippen molar-refractivity contribution in [1.29, 1.82) is 0 Å². The molecule has 0 amide bonds. The van der Waals surface area contributed by atoms with E-state index in [9.17, 15) is 9.59 Å². The molecule has 54 heavy (non-hydrogen) atoms. The highest BCUT2D eigenvalue weighted by Gasteiger charge is 2.22. The van der Waals surface area contributed by atoms with Crippen LogP contribution in [0.15, 0.2) is 58.5 Å². The Morgan fingerprint density at radius 3 is 1.35 bits per heavy atom. The second-order valence-electron chi connectivity index (χ2n) is 15.5. The molecule has 0 N–H and O–H groups in total. The van der Waals surface area contributed by atoms with Crippen molar-refractivity contribution < 1.29 is 19.1 Å². The molecule has 4 atom stereocenters. The monoisotopic (exact) mass is 780 g/mol. The van der Waals surface area contributed by atoms with Gasteiger partial charge >= 0.3 is 11.9 Å². The van der Waals surface area contributed by atoms with Gasteiger partial charge in [-0.1, -0.05) is 176 Å². The molecule has 302 valence electrons. The second kappa shape index (κ2) is 28.8. The van der Waals surface area contributed by atoms with Gasteiger partial charge in [0.2, 0.25) is 0 Å². The molecule has 6 nitrogen and oxygen atoms in total. The quantitative estimate of drug-likeness (QED) is 0.0354. The Bertz CT molecular complexity index is 1340. The Morgan fingerprint density at radius 1 is 0.574 bits per heavy atom. The van der Waals surface area contributed by atoms with Gasteiger partial charge in [0, 0.05) is 23.9 Å². The normalized spacial score (nSPS) is 14.2. The van der Waals surface area contributed by atoms with E-state index in [1.54, 1.807) is 0 Å². The van der Waals surface area contributed by atoms with Crippen LogP contribution in [0.4, 0.5) is 0 Å². The third-order valence-corrected chi connectivity index (χ3v) is 11.9. The largest absolute Gasteiger partial charge is 0.464 e. The average molecular weight is 781 g/mol. The van der Waals surface area contributed by atoms with Crippen LogP contribution in [0.2, 0.25) is 0 Å². The zero-order chi connectivity index (χ0) is 39.6. The number of hydrogen-bond acceptors (Lipinski definition) is 8. The van der Waals surface area contributed by atoms with Crippen LogP contribution in [-0.2, 0) is 31.9 Å². The van der Waals surface area contributed by atoms with Gasteiger partial charge in [-0.15, -0.1) is 0 Å². The molecular weight excluding hydrogens is 709 g/mol. The number of ether oxygens (including phenoxy) is 2. The van der Waals surface area contributed by atoms with Crippen LogP contribution < -0.4 is 0 Å². The highest BCUT2D eigenvalue weighted by atomic mass is 33.1. The first-order valence-electron chi connectivity index (χ1n) is 20.9. The minimum absolute atomic E-state index is 0.169. The minimum atomic E-state index is -0.611.